The molecule has 4 rings (SSSR count). The number of ether oxygens (including phenoxy) is 2. The van der Waals surface area contributed by atoms with Crippen molar-refractivity contribution in [2.24, 2.45) is 0 Å². The monoisotopic (exact) mass is 517 g/mol. The Morgan fingerprint density at radius 3 is 2.54 bits per heavy atom. The summed E-state index contributed by atoms with van der Waals surface area (Å²) in [4.78, 5) is 6.63. The Kier molecular flexibility index (Phi) is 8.95. The summed E-state index contributed by atoms with van der Waals surface area (Å²) in [6.07, 6.45) is 7.03. The van der Waals surface area contributed by atoms with E-state index in [2.05, 4.69) is 26.6 Å². The van der Waals surface area contributed by atoms with Crippen LogP contribution in [0.5, 0.6) is 11.5 Å². The molecule has 2 heterocycles. The minimum Gasteiger partial charge on any atom is -0.494 e. The maximum Gasteiger partial charge on any atom is 0.121 e. The van der Waals surface area contributed by atoms with E-state index < -0.39 is 5.60 Å². The molecule has 35 heavy (non-hydrogen) atoms. The Morgan fingerprint density at radius 2 is 1.80 bits per heavy atom. The van der Waals surface area contributed by atoms with Gasteiger partial charge < -0.3 is 19.1 Å². The van der Waals surface area contributed by atoms with E-state index in [9.17, 15) is 5.11 Å². The predicted molar refractivity (Wildman–Crippen MR) is 140 cm³/mol. The van der Waals surface area contributed by atoms with Gasteiger partial charge in [0, 0.05) is 38.1 Å². The Labute approximate surface area is 217 Å². The second kappa shape index (κ2) is 12.1. The molecule has 0 saturated carbocycles. The number of aromatic nitrogens is 2. The molecule has 0 amide bonds. The van der Waals surface area contributed by atoms with Gasteiger partial charge in [0.2, 0.25) is 0 Å². The van der Waals surface area contributed by atoms with Crippen LogP contribution in [0.15, 0.2) is 54.9 Å². The third-order valence-electron chi connectivity index (χ3n) is 6.47. The van der Waals surface area contributed by atoms with E-state index in [-0.39, 0.29) is 6.61 Å². The number of hydrogen-bond acceptors (Lipinski definition) is 5. The Hall–Kier alpha value is -2.25. The summed E-state index contributed by atoms with van der Waals surface area (Å²) >= 11 is 12.0. The molecule has 1 N–H and O–H groups in total. The zero-order valence-electron chi connectivity index (χ0n) is 20.1. The lowest BCUT2D eigenvalue weighted by Gasteiger charge is -2.27. The van der Waals surface area contributed by atoms with Crippen molar-refractivity contribution in [3.8, 4) is 11.5 Å². The molecule has 1 aliphatic heterocycles. The summed E-state index contributed by atoms with van der Waals surface area (Å²) in [6.45, 7) is 6.44. The van der Waals surface area contributed by atoms with Crippen LogP contribution in [0.3, 0.4) is 0 Å². The Balaban J connectivity index is 1.20. The number of halogens is 2. The number of benzene rings is 2. The van der Waals surface area contributed by atoms with Crippen LogP contribution in [-0.4, -0.2) is 51.5 Å². The van der Waals surface area contributed by atoms with Gasteiger partial charge in [-0.15, -0.1) is 0 Å². The molecule has 6 nitrogen and oxygen atoms in total. The van der Waals surface area contributed by atoms with Crippen LogP contribution in [0, 0.1) is 6.92 Å². The summed E-state index contributed by atoms with van der Waals surface area (Å²) in [5.41, 5.74) is 0.386. The second-order valence-corrected chi connectivity index (χ2v) is 10.0. The highest BCUT2D eigenvalue weighted by molar-refractivity contribution is 6.42. The van der Waals surface area contributed by atoms with Gasteiger partial charge in [0.15, 0.2) is 0 Å². The van der Waals surface area contributed by atoms with E-state index in [4.69, 9.17) is 32.7 Å². The van der Waals surface area contributed by atoms with Gasteiger partial charge in [-0.2, -0.15) is 0 Å². The highest BCUT2D eigenvalue weighted by atomic mass is 35.5. The van der Waals surface area contributed by atoms with Crippen molar-refractivity contribution in [1.82, 2.24) is 14.5 Å². The molecule has 2 aromatic carbocycles. The van der Waals surface area contributed by atoms with Gasteiger partial charge in [0.1, 0.15) is 23.9 Å². The van der Waals surface area contributed by atoms with Gasteiger partial charge in [0.05, 0.1) is 22.3 Å². The summed E-state index contributed by atoms with van der Waals surface area (Å²) in [7, 11) is 0. The molecule has 1 aromatic heterocycles. The number of hydrogen-bond donors (Lipinski definition) is 1. The smallest absolute Gasteiger partial charge is 0.121 e. The standard InChI is InChI=1S/C27H33Cl2N3O3/c1-21-30-12-16-32(21)14-3-17-34-23-6-4-22(5-7-23)19-31-13-2-10-27(33,11-15-31)20-35-24-8-9-25(28)26(29)18-24/h4-9,12,16,18,33H,2-3,10-11,13-15,17,19-20H2,1H3/t27-/m1/s1. The fraction of sp³-hybridized carbons (Fsp3) is 0.444. The SMILES string of the molecule is Cc1nccn1CCCOc1ccc(CN2CCC[C@](O)(COc3ccc(Cl)c(Cl)c3)CC2)cc1. The molecule has 1 atom stereocenters. The van der Waals surface area contributed by atoms with E-state index in [1.165, 1.54) is 5.56 Å². The lowest BCUT2D eigenvalue weighted by molar-refractivity contribution is -0.0168. The van der Waals surface area contributed by atoms with Crippen LogP contribution in [0.2, 0.25) is 10.0 Å². The van der Waals surface area contributed by atoms with Crippen LogP contribution < -0.4 is 9.47 Å². The van der Waals surface area contributed by atoms with Crippen LogP contribution in [0.4, 0.5) is 0 Å². The minimum absolute atomic E-state index is 0.241. The normalized spacial score (nSPS) is 18.9. The first-order chi connectivity index (χ1) is 16.9. The van der Waals surface area contributed by atoms with Crippen LogP contribution in [-0.2, 0) is 13.1 Å². The van der Waals surface area contributed by atoms with E-state index in [0.29, 0.717) is 35.2 Å². The van der Waals surface area contributed by atoms with Gasteiger partial charge in [-0.25, -0.2) is 4.98 Å². The zero-order chi connectivity index (χ0) is 24.7. The zero-order valence-corrected chi connectivity index (χ0v) is 21.6. The van der Waals surface area contributed by atoms with Crippen molar-refractivity contribution in [1.29, 1.82) is 0 Å². The molecule has 188 valence electrons. The third kappa shape index (κ3) is 7.61. The Morgan fingerprint density at radius 1 is 1.00 bits per heavy atom. The predicted octanol–water partition coefficient (Wildman–Crippen LogP) is 5.76. The molecule has 0 unspecified atom stereocenters. The summed E-state index contributed by atoms with van der Waals surface area (Å²) in [5, 5.41) is 12.0. The molecule has 0 spiro atoms. The average Bonchev–Trinajstić information content (AvgIpc) is 3.17. The quantitative estimate of drug-likeness (QED) is 0.346. The second-order valence-electron chi connectivity index (χ2n) is 9.23. The summed E-state index contributed by atoms with van der Waals surface area (Å²) in [5.74, 6) is 2.54. The average molecular weight is 518 g/mol. The highest BCUT2D eigenvalue weighted by Crippen LogP contribution is 2.29. The van der Waals surface area contributed by atoms with E-state index in [1.54, 1.807) is 18.2 Å². The van der Waals surface area contributed by atoms with Gasteiger partial charge in [-0.3, -0.25) is 4.90 Å². The van der Waals surface area contributed by atoms with Crippen molar-refractivity contribution in [3.05, 3.63) is 76.3 Å². The first-order valence-corrected chi connectivity index (χ1v) is 12.9. The number of aliphatic hydroxyl groups is 1. The molecular weight excluding hydrogens is 485 g/mol. The lowest BCUT2D eigenvalue weighted by atomic mass is 9.96. The summed E-state index contributed by atoms with van der Waals surface area (Å²) < 4.78 is 13.9. The lowest BCUT2D eigenvalue weighted by Crippen LogP contribution is -2.37. The van der Waals surface area contributed by atoms with Crippen LogP contribution in [0.25, 0.3) is 0 Å². The van der Waals surface area contributed by atoms with Gasteiger partial charge in [-0.1, -0.05) is 35.3 Å². The molecule has 1 saturated heterocycles. The maximum atomic E-state index is 11.1. The van der Waals surface area contributed by atoms with E-state index in [0.717, 1.165) is 50.6 Å². The van der Waals surface area contributed by atoms with Crippen molar-refractivity contribution >= 4 is 23.2 Å². The maximum absolute atomic E-state index is 11.1. The molecule has 0 aliphatic carbocycles. The van der Waals surface area contributed by atoms with Crippen molar-refractivity contribution in [2.45, 2.75) is 51.3 Å². The molecule has 1 fully saturated rings. The van der Waals surface area contributed by atoms with Crippen LogP contribution in [0.1, 0.15) is 37.1 Å². The Bertz CT molecular complexity index is 1090. The van der Waals surface area contributed by atoms with Crippen molar-refractivity contribution in [2.75, 3.05) is 26.3 Å². The number of imidazole rings is 1. The first kappa shape index (κ1) is 25.8. The van der Waals surface area contributed by atoms with Gasteiger partial charge >= 0.3 is 0 Å². The highest BCUT2D eigenvalue weighted by Gasteiger charge is 2.31. The van der Waals surface area contributed by atoms with E-state index >= 15 is 0 Å². The molecule has 1 aliphatic rings. The van der Waals surface area contributed by atoms with Crippen molar-refractivity contribution < 1.29 is 14.6 Å². The van der Waals surface area contributed by atoms with Gasteiger partial charge in [0.25, 0.3) is 0 Å². The van der Waals surface area contributed by atoms with Crippen molar-refractivity contribution in [3.63, 3.8) is 0 Å². The fourth-order valence-electron chi connectivity index (χ4n) is 4.34. The third-order valence-corrected chi connectivity index (χ3v) is 7.21. The van der Waals surface area contributed by atoms with E-state index in [1.807, 2.05) is 31.5 Å². The number of nitrogens with zero attached hydrogens (tertiary/aromatic N) is 3. The molecule has 0 bridgehead atoms. The minimum atomic E-state index is -0.853. The fourth-order valence-corrected chi connectivity index (χ4v) is 4.62. The van der Waals surface area contributed by atoms with Crippen LogP contribution >= 0.6 is 23.2 Å². The molecule has 0 radical (unpaired) electrons. The number of rotatable bonds is 10. The number of aryl methyl sites for hydroxylation is 2. The van der Waals surface area contributed by atoms with Gasteiger partial charge in [-0.05, 0) is 69.0 Å². The largest absolute Gasteiger partial charge is 0.494 e. The molecule has 8 heteroatoms. The number of likely N-dealkylation sites (tertiary alicyclic amines) is 1. The molecular formula is C27H33Cl2N3O3. The first-order valence-electron chi connectivity index (χ1n) is 12.1. The topological polar surface area (TPSA) is 59.8 Å². The summed E-state index contributed by atoms with van der Waals surface area (Å²) in [6, 6.07) is 13.5. The molecule has 3 aromatic rings.